The summed E-state index contributed by atoms with van der Waals surface area (Å²) in [5.41, 5.74) is 3.88. The van der Waals surface area contributed by atoms with Crippen LogP contribution in [0.2, 0.25) is 0 Å². The molecule has 2 aromatic carbocycles. The van der Waals surface area contributed by atoms with E-state index in [9.17, 15) is 14.7 Å². The number of ether oxygens (including phenoxy) is 1. The molecule has 3 aliphatic rings. The summed E-state index contributed by atoms with van der Waals surface area (Å²) >= 11 is 0. The third kappa shape index (κ3) is 5.91. The topological polar surface area (TPSA) is 66.8 Å². The van der Waals surface area contributed by atoms with Crippen molar-refractivity contribution >= 4 is 17.4 Å². The van der Waals surface area contributed by atoms with Gasteiger partial charge in [-0.3, -0.25) is 9.59 Å². The van der Waals surface area contributed by atoms with E-state index in [2.05, 4.69) is 34.6 Å². The molecule has 2 aromatic rings. The van der Waals surface area contributed by atoms with E-state index >= 15 is 0 Å². The lowest BCUT2D eigenvalue weighted by Gasteiger charge is -2.23. The Balaban J connectivity index is 1.12. The first kappa shape index (κ1) is 30.4. The van der Waals surface area contributed by atoms with Crippen LogP contribution < -0.4 is 4.90 Å². The maximum absolute atomic E-state index is 13.3. The Morgan fingerprint density at radius 2 is 1.64 bits per heavy atom. The van der Waals surface area contributed by atoms with Gasteiger partial charge in [-0.15, -0.1) is 0 Å². The summed E-state index contributed by atoms with van der Waals surface area (Å²) in [7, 11) is 0. The minimum atomic E-state index is -0.435. The normalized spacial score (nSPS) is 29.5. The second-order valence-electron chi connectivity index (χ2n) is 13.6. The van der Waals surface area contributed by atoms with Crippen molar-refractivity contribution in [2.24, 2.45) is 34.5 Å². The monoisotopic (exact) mass is 569 g/mol. The summed E-state index contributed by atoms with van der Waals surface area (Å²) in [5.74, 6) is 1.54. The van der Waals surface area contributed by atoms with Gasteiger partial charge in [0.25, 0.3) is 5.91 Å². The van der Waals surface area contributed by atoms with Gasteiger partial charge in [-0.05, 0) is 88.0 Å². The predicted octanol–water partition coefficient (Wildman–Crippen LogP) is 7.16. The molecule has 42 heavy (non-hydrogen) atoms. The van der Waals surface area contributed by atoms with E-state index in [1.807, 2.05) is 66.7 Å². The molecule has 224 valence electrons. The molecule has 0 bridgehead atoms. The van der Waals surface area contributed by atoms with Crippen molar-refractivity contribution in [1.29, 1.82) is 0 Å². The number of allylic oxidation sites excluding steroid dienone is 3. The molecular weight excluding hydrogens is 522 g/mol. The number of ketones is 1. The number of aliphatic hydroxyl groups excluding tert-OH is 1. The van der Waals surface area contributed by atoms with E-state index in [1.54, 1.807) is 11.0 Å². The third-order valence-corrected chi connectivity index (χ3v) is 10.6. The van der Waals surface area contributed by atoms with Crippen LogP contribution >= 0.6 is 0 Å². The number of benzene rings is 2. The first-order chi connectivity index (χ1) is 20.0. The standard InChI is InChI=1S/C37H47NO4/c1-25(2)35-36(3,4)37(35,5)33(40)17-16-30-31-21-27(20-28(31)22-32(30)39)18-19-42-24-34(41)38(29-14-10-7-11-15-29)23-26-12-8-6-9-13-26/h6-17,27-28,30-32,39H,18-24H2,1-5H3/t27?,28-,30-,31+,32-,37?/m0/s1. The van der Waals surface area contributed by atoms with E-state index in [-0.39, 0.29) is 35.7 Å². The van der Waals surface area contributed by atoms with Crippen LogP contribution in [0.5, 0.6) is 0 Å². The SMILES string of the molecule is CC(C)=C1C(C)(C)C1(C)C(=O)C=C[C@H]1[C@@H]2CC(CCOCC(=O)N(Cc3ccccc3)c3ccccc3)C[C@H]2C[C@@H]1O. The van der Waals surface area contributed by atoms with Crippen molar-refractivity contribution in [3.05, 3.63) is 89.5 Å². The zero-order chi connectivity index (χ0) is 30.1. The van der Waals surface area contributed by atoms with Crippen molar-refractivity contribution < 1.29 is 19.4 Å². The van der Waals surface area contributed by atoms with Gasteiger partial charge < -0.3 is 14.7 Å². The number of nitrogens with zero attached hydrogens (tertiary/aromatic N) is 1. The molecule has 1 N–H and O–H groups in total. The number of aliphatic hydroxyl groups is 1. The Hall–Kier alpha value is -3.02. The second kappa shape index (κ2) is 12.3. The fourth-order valence-electron chi connectivity index (χ4n) is 8.23. The van der Waals surface area contributed by atoms with E-state index in [4.69, 9.17) is 4.74 Å². The minimum absolute atomic E-state index is 0.0319. The summed E-state index contributed by atoms with van der Waals surface area (Å²) in [6.07, 6.45) is 7.23. The molecule has 0 saturated heterocycles. The molecule has 5 heteroatoms. The largest absolute Gasteiger partial charge is 0.392 e. The highest BCUT2D eigenvalue weighted by atomic mass is 16.5. The smallest absolute Gasteiger partial charge is 0.253 e. The summed E-state index contributed by atoms with van der Waals surface area (Å²) < 4.78 is 5.94. The van der Waals surface area contributed by atoms with Gasteiger partial charge in [0.1, 0.15) is 6.61 Å². The van der Waals surface area contributed by atoms with Gasteiger partial charge in [0.05, 0.1) is 18.1 Å². The van der Waals surface area contributed by atoms with E-state index in [0.717, 1.165) is 36.9 Å². The highest BCUT2D eigenvalue weighted by Crippen LogP contribution is 2.70. The highest BCUT2D eigenvalue weighted by Gasteiger charge is 2.67. The molecule has 5 nitrogen and oxygen atoms in total. The van der Waals surface area contributed by atoms with Crippen LogP contribution in [-0.4, -0.2) is 36.1 Å². The number of amides is 1. The molecule has 2 unspecified atom stereocenters. The van der Waals surface area contributed by atoms with Crippen LogP contribution in [0.15, 0.2) is 84.0 Å². The third-order valence-electron chi connectivity index (χ3n) is 10.6. The summed E-state index contributed by atoms with van der Waals surface area (Å²) in [5, 5.41) is 10.8. The molecule has 0 heterocycles. The Morgan fingerprint density at radius 3 is 2.29 bits per heavy atom. The summed E-state index contributed by atoms with van der Waals surface area (Å²) in [4.78, 5) is 28.3. The molecule has 0 aliphatic heterocycles. The molecule has 0 spiro atoms. The highest BCUT2D eigenvalue weighted by molar-refractivity contribution is 6.02. The zero-order valence-electron chi connectivity index (χ0n) is 25.9. The Kier molecular flexibility index (Phi) is 8.91. The van der Waals surface area contributed by atoms with E-state index in [1.165, 1.54) is 11.1 Å². The van der Waals surface area contributed by atoms with Crippen LogP contribution in [-0.2, 0) is 20.9 Å². The van der Waals surface area contributed by atoms with Gasteiger partial charge in [-0.25, -0.2) is 0 Å². The molecule has 0 radical (unpaired) electrons. The molecule has 3 fully saturated rings. The van der Waals surface area contributed by atoms with Crippen molar-refractivity contribution in [3.63, 3.8) is 0 Å². The number of carbonyl (C=O) groups excluding carboxylic acids is 2. The number of para-hydroxylation sites is 1. The number of hydrogen-bond acceptors (Lipinski definition) is 4. The Bertz CT molecular complexity index is 1330. The lowest BCUT2D eigenvalue weighted by atomic mass is 9.87. The predicted molar refractivity (Wildman–Crippen MR) is 168 cm³/mol. The lowest BCUT2D eigenvalue weighted by Crippen LogP contribution is -2.33. The fraction of sp³-hybridized carbons (Fsp3) is 0.514. The van der Waals surface area contributed by atoms with Crippen molar-refractivity contribution in [1.82, 2.24) is 0 Å². The molecule has 0 aromatic heterocycles. The molecule has 1 amide bonds. The van der Waals surface area contributed by atoms with Gasteiger partial charge in [0, 0.05) is 23.6 Å². The quantitative estimate of drug-likeness (QED) is 0.177. The van der Waals surface area contributed by atoms with Crippen LogP contribution in [0, 0.1) is 34.5 Å². The number of fused-ring (bicyclic) bond motifs is 1. The summed E-state index contributed by atoms with van der Waals surface area (Å²) in [6, 6.07) is 19.8. The van der Waals surface area contributed by atoms with Crippen molar-refractivity contribution in [2.45, 2.75) is 73.0 Å². The van der Waals surface area contributed by atoms with Crippen LogP contribution in [0.25, 0.3) is 0 Å². The van der Waals surface area contributed by atoms with Gasteiger partial charge >= 0.3 is 0 Å². The van der Waals surface area contributed by atoms with Crippen LogP contribution in [0.4, 0.5) is 5.69 Å². The van der Waals surface area contributed by atoms with E-state index in [0.29, 0.717) is 30.9 Å². The average molecular weight is 570 g/mol. The maximum atomic E-state index is 13.3. The van der Waals surface area contributed by atoms with Gasteiger partial charge in [0.15, 0.2) is 5.78 Å². The molecule has 3 aliphatic carbocycles. The number of rotatable bonds is 11. The molecule has 5 rings (SSSR count). The fourth-order valence-corrected chi connectivity index (χ4v) is 8.23. The van der Waals surface area contributed by atoms with Gasteiger partial charge in [0.2, 0.25) is 0 Å². The van der Waals surface area contributed by atoms with Crippen molar-refractivity contribution in [2.75, 3.05) is 18.1 Å². The first-order valence-electron chi connectivity index (χ1n) is 15.6. The van der Waals surface area contributed by atoms with Crippen molar-refractivity contribution in [3.8, 4) is 0 Å². The van der Waals surface area contributed by atoms with E-state index < -0.39 is 5.41 Å². The number of anilines is 1. The number of hydrogen-bond donors (Lipinski definition) is 1. The van der Waals surface area contributed by atoms with Crippen LogP contribution in [0.1, 0.15) is 65.9 Å². The molecular formula is C37H47NO4. The number of carbonyl (C=O) groups is 2. The molecule has 3 saturated carbocycles. The second-order valence-corrected chi connectivity index (χ2v) is 13.6. The lowest BCUT2D eigenvalue weighted by molar-refractivity contribution is -0.123. The molecule has 6 atom stereocenters. The minimum Gasteiger partial charge on any atom is -0.392 e. The Morgan fingerprint density at radius 1 is 0.976 bits per heavy atom. The van der Waals surface area contributed by atoms with Gasteiger partial charge in [-0.1, -0.05) is 79.6 Å². The van der Waals surface area contributed by atoms with Gasteiger partial charge in [-0.2, -0.15) is 0 Å². The average Bonchev–Trinajstić information content (AvgIpc) is 3.20. The Labute approximate surface area is 251 Å². The summed E-state index contributed by atoms with van der Waals surface area (Å²) in [6.45, 7) is 11.7. The van der Waals surface area contributed by atoms with Crippen LogP contribution in [0.3, 0.4) is 0 Å². The first-order valence-corrected chi connectivity index (χ1v) is 15.6. The maximum Gasteiger partial charge on any atom is 0.253 e. The zero-order valence-corrected chi connectivity index (χ0v) is 25.9.